The Hall–Kier alpha value is -2.94. The molecule has 0 radical (unpaired) electrons. The maximum atomic E-state index is 13.1. The molecule has 0 N–H and O–H groups in total. The largest absolute Gasteiger partial charge is 0.329 e. The Morgan fingerprint density at radius 3 is 1.88 bits per heavy atom. The lowest BCUT2D eigenvalue weighted by Gasteiger charge is -2.22. The Labute approximate surface area is 149 Å². The van der Waals surface area contributed by atoms with Crippen LogP contribution in [0.2, 0.25) is 0 Å². The van der Waals surface area contributed by atoms with Gasteiger partial charge in [0.1, 0.15) is 0 Å². The number of carbonyl (C=O) groups excluding carboxylic acids is 1. The van der Waals surface area contributed by atoms with Gasteiger partial charge >= 0.3 is 6.03 Å². The maximum Gasteiger partial charge on any atom is 0.329 e. The predicted octanol–water partition coefficient (Wildman–Crippen LogP) is 2.21. The van der Waals surface area contributed by atoms with Crippen molar-refractivity contribution < 1.29 is 18.1 Å². The second-order valence-electron chi connectivity index (χ2n) is 6.34. The molecule has 2 aliphatic heterocycles. The van der Waals surface area contributed by atoms with E-state index < -0.39 is 26.8 Å². The number of hydrogen-bond acceptors (Lipinski definition) is 5. The third-order valence-corrected chi connectivity index (χ3v) is 6.44. The van der Waals surface area contributed by atoms with Crippen LogP contribution in [0.4, 0.5) is 21.9 Å². The van der Waals surface area contributed by atoms with Gasteiger partial charge < -0.3 is 0 Å². The Bertz CT molecular complexity index is 975. The van der Waals surface area contributed by atoms with E-state index in [1.807, 2.05) is 6.07 Å². The number of carbonyl (C=O) groups is 1. The second-order valence-corrected chi connectivity index (χ2v) is 8.50. The SMILES string of the molecule is O=C1N(c2ccccc2)[C@H]2CS(=O)(=O)C[C@@H]2N1c1ccc([N+](=O)[O-])cc1. The maximum absolute atomic E-state index is 13.1. The predicted molar refractivity (Wildman–Crippen MR) is 96.1 cm³/mol. The zero-order valence-electron chi connectivity index (χ0n) is 13.6. The number of benzene rings is 2. The molecule has 0 unspecified atom stereocenters. The number of hydrogen-bond donors (Lipinski definition) is 0. The van der Waals surface area contributed by atoms with Crippen molar-refractivity contribution in [2.45, 2.75) is 12.1 Å². The van der Waals surface area contributed by atoms with E-state index in [9.17, 15) is 23.3 Å². The van der Waals surface area contributed by atoms with Gasteiger partial charge in [-0.1, -0.05) is 18.2 Å². The van der Waals surface area contributed by atoms with E-state index in [0.29, 0.717) is 11.4 Å². The Balaban J connectivity index is 1.77. The fraction of sp³-hybridized carbons (Fsp3) is 0.235. The second kappa shape index (κ2) is 5.80. The van der Waals surface area contributed by atoms with Crippen LogP contribution in [-0.2, 0) is 9.84 Å². The first-order chi connectivity index (χ1) is 12.4. The van der Waals surface area contributed by atoms with Gasteiger partial charge in [0, 0.05) is 23.5 Å². The minimum atomic E-state index is -3.28. The number of rotatable bonds is 3. The van der Waals surface area contributed by atoms with Crippen molar-refractivity contribution in [2.24, 2.45) is 0 Å². The van der Waals surface area contributed by atoms with E-state index in [2.05, 4.69) is 0 Å². The van der Waals surface area contributed by atoms with E-state index >= 15 is 0 Å². The van der Waals surface area contributed by atoms with E-state index in [1.54, 1.807) is 24.3 Å². The molecule has 26 heavy (non-hydrogen) atoms. The molecule has 2 atom stereocenters. The molecule has 134 valence electrons. The number of para-hydroxylation sites is 1. The summed E-state index contributed by atoms with van der Waals surface area (Å²) in [6.45, 7) is 0. The minimum absolute atomic E-state index is 0.0871. The molecule has 2 amide bonds. The van der Waals surface area contributed by atoms with Gasteiger partial charge in [0.05, 0.1) is 28.5 Å². The van der Waals surface area contributed by atoms with Crippen molar-refractivity contribution >= 4 is 32.9 Å². The van der Waals surface area contributed by atoms with E-state index in [4.69, 9.17) is 0 Å². The van der Waals surface area contributed by atoms with Gasteiger partial charge in [-0.15, -0.1) is 0 Å². The van der Waals surface area contributed by atoms with Crippen molar-refractivity contribution in [3.8, 4) is 0 Å². The molecule has 2 fully saturated rings. The smallest absolute Gasteiger partial charge is 0.288 e. The molecule has 2 saturated heterocycles. The molecule has 0 bridgehead atoms. The van der Waals surface area contributed by atoms with Gasteiger partial charge in [-0.25, -0.2) is 13.2 Å². The Morgan fingerprint density at radius 1 is 0.885 bits per heavy atom. The summed E-state index contributed by atoms with van der Waals surface area (Å²) >= 11 is 0. The van der Waals surface area contributed by atoms with Crippen molar-refractivity contribution in [3.05, 3.63) is 64.7 Å². The number of nitro benzene ring substituents is 1. The molecule has 2 aromatic carbocycles. The van der Waals surface area contributed by atoms with Gasteiger partial charge in [0.2, 0.25) is 0 Å². The zero-order valence-corrected chi connectivity index (χ0v) is 14.4. The summed E-state index contributed by atoms with van der Waals surface area (Å²) in [6, 6.07) is 13.2. The first-order valence-corrected chi connectivity index (χ1v) is 9.82. The number of amides is 2. The molecule has 0 aromatic heterocycles. The molecule has 2 aliphatic rings. The van der Waals surface area contributed by atoms with E-state index in [-0.39, 0.29) is 23.2 Å². The summed E-state index contributed by atoms with van der Waals surface area (Å²) in [5.41, 5.74) is 0.996. The van der Waals surface area contributed by atoms with Crippen LogP contribution in [0.25, 0.3) is 0 Å². The summed E-state index contributed by atoms with van der Waals surface area (Å²) in [5, 5.41) is 10.8. The number of non-ortho nitro benzene ring substituents is 1. The average Bonchev–Trinajstić information content (AvgIpc) is 3.04. The van der Waals surface area contributed by atoms with Crippen LogP contribution in [0.15, 0.2) is 54.6 Å². The van der Waals surface area contributed by atoms with Crippen LogP contribution in [0.1, 0.15) is 0 Å². The monoisotopic (exact) mass is 373 g/mol. The fourth-order valence-electron chi connectivity index (χ4n) is 3.63. The van der Waals surface area contributed by atoms with Gasteiger partial charge in [-0.2, -0.15) is 0 Å². The lowest BCUT2D eigenvalue weighted by molar-refractivity contribution is -0.384. The number of nitro groups is 1. The summed E-state index contributed by atoms with van der Waals surface area (Å²) in [6.07, 6.45) is 0. The van der Waals surface area contributed by atoms with Crippen LogP contribution >= 0.6 is 0 Å². The molecule has 2 heterocycles. The summed E-state index contributed by atoms with van der Waals surface area (Å²) in [7, 11) is -3.28. The molecular weight excluding hydrogens is 358 g/mol. The first-order valence-electron chi connectivity index (χ1n) is 8.00. The highest BCUT2D eigenvalue weighted by atomic mass is 32.2. The summed E-state index contributed by atoms with van der Waals surface area (Å²) < 4.78 is 24.4. The Morgan fingerprint density at radius 2 is 1.38 bits per heavy atom. The summed E-state index contributed by atoms with van der Waals surface area (Å²) in [5.74, 6) is -0.217. The lowest BCUT2D eigenvalue weighted by atomic mass is 10.1. The molecule has 2 aromatic rings. The third-order valence-electron chi connectivity index (χ3n) is 4.74. The third kappa shape index (κ3) is 2.60. The molecule has 4 rings (SSSR count). The number of sulfone groups is 1. The topological polar surface area (TPSA) is 101 Å². The molecule has 8 nitrogen and oxygen atoms in total. The first kappa shape index (κ1) is 16.5. The van der Waals surface area contributed by atoms with Gasteiger partial charge in [-0.3, -0.25) is 19.9 Å². The average molecular weight is 373 g/mol. The van der Waals surface area contributed by atoms with Gasteiger partial charge in [-0.05, 0) is 24.3 Å². The molecule has 0 aliphatic carbocycles. The number of anilines is 2. The molecule has 9 heteroatoms. The van der Waals surface area contributed by atoms with Crippen LogP contribution in [0, 0.1) is 10.1 Å². The highest BCUT2D eigenvalue weighted by Gasteiger charge is 2.54. The van der Waals surface area contributed by atoms with Crippen LogP contribution in [0.3, 0.4) is 0 Å². The van der Waals surface area contributed by atoms with Crippen molar-refractivity contribution in [2.75, 3.05) is 21.3 Å². The number of nitrogens with zero attached hydrogens (tertiary/aromatic N) is 3. The Kier molecular flexibility index (Phi) is 3.69. The van der Waals surface area contributed by atoms with Crippen molar-refractivity contribution in [1.82, 2.24) is 0 Å². The summed E-state index contributed by atoms with van der Waals surface area (Å²) in [4.78, 5) is 26.3. The quantitative estimate of drug-likeness (QED) is 0.466. The minimum Gasteiger partial charge on any atom is -0.288 e. The lowest BCUT2D eigenvalue weighted by Crippen LogP contribution is -2.37. The zero-order chi connectivity index (χ0) is 18.5. The van der Waals surface area contributed by atoms with Crippen LogP contribution < -0.4 is 9.80 Å². The van der Waals surface area contributed by atoms with Crippen LogP contribution in [-0.4, -0.2) is 43.0 Å². The highest BCUT2D eigenvalue weighted by molar-refractivity contribution is 7.91. The normalized spacial score (nSPS) is 23.9. The van der Waals surface area contributed by atoms with Gasteiger partial charge in [0.15, 0.2) is 9.84 Å². The van der Waals surface area contributed by atoms with Gasteiger partial charge in [0.25, 0.3) is 5.69 Å². The number of urea groups is 1. The van der Waals surface area contributed by atoms with Crippen molar-refractivity contribution in [3.63, 3.8) is 0 Å². The fourth-order valence-corrected chi connectivity index (χ4v) is 5.55. The molecule has 0 saturated carbocycles. The molecular formula is C17H15N3O5S. The van der Waals surface area contributed by atoms with E-state index in [0.717, 1.165) is 0 Å². The van der Waals surface area contributed by atoms with E-state index in [1.165, 1.54) is 34.1 Å². The number of fused-ring (bicyclic) bond motifs is 1. The standard InChI is InChI=1S/C17H15N3O5S/c21-17-18(12-4-2-1-3-5-12)15-10-26(24,25)11-16(15)19(17)13-6-8-14(9-7-13)20(22)23/h1-9,15-16H,10-11H2/t15-,16-/m0/s1. The highest BCUT2D eigenvalue weighted by Crippen LogP contribution is 2.38. The van der Waals surface area contributed by atoms with Crippen LogP contribution in [0.5, 0.6) is 0 Å². The van der Waals surface area contributed by atoms with Crippen molar-refractivity contribution in [1.29, 1.82) is 0 Å². The molecule has 0 spiro atoms.